The molecule has 2 aromatic rings. The van der Waals surface area contributed by atoms with Crippen molar-refractivity contribution >= 4 is 17.2 Å². The van der Waals surface area contributed by atoms with Gasteiger partial charge < -0.3 is 9.88 Å². The number of aromatic nitrogens is 1. The van der Waals surface area contributed by atoms with Crippen molar-refractivity contribution in [2.24, 2.45) is 7.05 Å². The molecule has 0 bridgehead atoms. The van der Waals surface area contributed by atoms with Crippen molar-refractivity contribution in [1.82, 2.24) is 14.8 Å². The van der Waals surface area contributed by atoms with E-state index in [9.17, 15) is 4.79 Å². The van der Waals surface area contributed by atoms with Crippen LogP contribution >= 0.6 is 11.3 Å². The van der Waals surface area contributed by atoms with Gasteiger partial charge in [0.15, 0.2) is 0 Å². The molecule has 1 N–H and O–H groups in total. The van der Waals surface area contributed by atoms with Gasteiger partial charge >= 0.3 is 0 Å². The quantitative estimate of drug-likeness (QED) is 0.922. The molecule has 0 saturated carbocycles. The maximum absolute atomic E-state index is 12.2. The number of nitrogens with zero attached hydrogens (tertiary/aromatic N) is 2. The first-order valence-corrected chi connectivity index (χ1v) is 8.30. The summed E-state index contributed by atoms with van der Waals surface area (Å²) in [6.07, 6.45) is 4.57. The smallest absolute Gasteiger partial charge is 0.261 e. The fraction of sp³-hybridized carbons (Fsp3) is 0.438. The lowest BCUT2D eigenvalue weighted by molar-refractivity contribution is 0.0941. The average molecular weight is 303 g/mol. The zero-order valence-electron chi connectivity index (χ0n) is 12.3. The number of rotatable bonds is 5. The Morgan fingerprint density at radius 3 is 2.76 bits per heavy atom. The fourth-order valence-electron chi connectivity index (χ4n) is 2.98. The van der Waals surface area contributed by atoms with Crippen LogP contribution in [0, 0.1) is 0 Å². The van der Waals surface area contributed by atoms with Crippen LogP contribution in [0.25, 0.3) is 0 Å². The highest BCUT2D eigenvalue weighted by Gasteiger charge is 2.25. The number of nitrogens with one attached hydrogen (secondary N) is 1. The van der Waals surface area contributed by atoms with E-state index in [0.717, 1.165) is 18.0 Å². The van der Waals surface area contributed by atoms with Crippen LogP contribution < -0.4 is 5.32 Å². The zero-order valence-corrected chi connectivity index (χ0v) is 13.1. The maximum atomic E-state index is 12.2. The molecular formula is C16H21N3OS. The molecule has 2 aromatic heterocycles. The molecule has 5 heteroatoms. The van der Waals surface area contributed by atoms with Crippen LogP contribution in [-0.2, 0) is 7.05 Å². The molecule has 0 spiro atoms. The summed E-state index contributed by atoms with van der Waals surface area (Å²) in [5.74, 6) is 0.0309. The number of carbonyl (C=O) groups excluding carboxylic acids is 1. The molecule has 1 atom stereocenters. The standard InChI is InChI=1S/C16H21N3OS/c1-18-8-4-6-13(18)14(19-9-2-3-10-19)12-17-16(20)15-7-5-11-21-15/h4-8,11,14H,2-3,9-10,12H2,1H3,(H,17,20)/t14-/m0/s1. The molecule has 1 amide bonds. The van der Waals surface area contributed by atoms with Crippen molar-refractivity contribution in [2.75, 3.05) is 19.6 Å². The molecule has 1 aliphatic rings. The number of hydrogen-bond donors (Lipinski definition) is 1. The van der Waals surface area contributed by atoms with Crippen LogP contribution in [0.2, 0.25) is 0 Å². The van der Waals surface area contributed by atoms with Crippen molar-refractivity contribution < 1.29 is 4.79 Å². The van der Waals surface area contributed by atoms with E-state index in [2.05, 4.69) is 40.2 Å². The van der Waals surface area contributed by atoms with Crippen LogP contribution in [0.5, 0.6) is 0 Å². The predicted molar refractivity (Wildman–Crippen MR) is 85.6 cm³/mol. The Labute approximate surface area is 129 Å². The summed E-state index contributed by atoms with van der Waals surface area (Å²) in [6.45, 7) is 2.89. The number of hydrogen-bond acceptors (Lipinski definition) is 3. The molecule has 0 aromatic carbocycles. The number of thiophene rings is 1. The van der Waals surface area contributed by atoms with E-state index >= 15 is 0 Å². The minimum Gasteiger partial charge on any atom is -0.353 e. The van der Waals surface area contributed by atoms with Crippen LogP contribution in [-0.4, -0.2) is 35.0 Å². The number of likely N-dealkylation sites (tertiary alicyclic amines) is 1. The molecular weight excluding hydrogens is 282 g/mol. The van der Waals surface area contributed by atoms with Crippen molar-refractivity contribution in [2.45, 2.75) is 18.9 Å². The van der Waals surface area contributed by atoms with E-state index in [0.29, 0.717) is 6.54 Å². The zero-order chi connectivity index (χ0) is 14.7. The van der Waals surface area contributed by atoms with Gasteiger partial charge in [-0.05, 0) is 49.5 Å². The first kappa shape index (κ1) is 14.4. The molecule has 0 unspecified atom stereocenters. The van der Waals surface area contributed by atoms with E-state index < -0.39 is 0 Å². The van der Waals surface area contributed by atoms with Gasteiger partial charge in [-0.25, -0.2) is 0 Å². The van der Waals surface area contributed by atoms with E-state index in [1.165, 1.54) is 29.9 Å². The Hall–Kier alpha value is -1.59. The minimum absolute atomic E-state index is 0.0309. The summed E-state index contributed by atoms with van der Waals surface area (Å²) in [6, 6.07) is 8.26. The van der Waals surface area contributed by atoms with Gasteiger partial charge in [0.1, 0.15) is 0 Å². The lowest BCUT2D eigenvalue weighted by Crippen LogP contribution is -2.37. The largest absolute Gasteiger partial charge is 0.353 e. The molecule has 0 radical (unpaired) electrons. The van der Waals surface area contributed by atoms with E-state index in [1.54, 1.807) is 0 Å². The maximum Gasteiger partial charge on any atom is 0.261 e. The van der Waals surface area contributed by atoms with Crippen LogP contribution in [0.15, 0.2) is 35.8 Å². The second-order valence-corrected chi connectivity index (χ2v) is 6.44. The molecule has 0 aliphatic carbocycles. The fourth-order valence-corrected chi connectivity index (χ4v) is 3.62. The third kappa shape index (κ3) is 3.19. The van der Waals surface area contributed by atoms with Crippen LogP contribution in [0.1, 0.15) is 34.2 Å². The third-order valence-electron chi connectivity index (χ3n) is 4.11. The van der Waals surface area contributed by atoms with Gasteiger partial charge in [0, 0.05) is 25.5 Å². The van der Waals surface area contributed by atoms with E-state index in [4.69, 9.17) is 0 Å². The summed E-state index contributed by atoms with van der Waals surface area (Å²) in [7, 11) is 2.07. The molecule has 1 saturated heterocycles. The molecule has 1 fully saturated rings. The van der Waals surface area contributed by atoms with Gasteiger partial charge in [-0.2, -0.15) is 0 Å². The van der Waals surface area contributed by atoms with Crippen LogP contribution in [0.3, 0.4) is 0 Å². The molecule has 4 nitrogen and oxygen atoms in total. The van der Waals surface area contributed by atoms with Gasteiger partial charge in [0.05, 0.1) is 10.9 Å². The molecule has 1 aliphatic heterocycles. The van der Waals surface area contributed by atoms with E-state index in [-0.39, 0.29) is 11.9 Å². The second kappa shape index (κ2) is 6.45. The second-order valence-electron chi connectivity index (χ2n) is 5.49. The SMILES string of the molecule is Cn1cccc1[C@H](CNC(=O)c1cccs1)N1CCCC1. The van der Waals surface area contributed by atoms with Gasteiger partial charge in [0.25, 0.3) is 5.91 Å². The summed E-state index contributed by atoms with van der Waals surface area (Å²) in [5, 5.41) is 5.03. The van der Waals surface area contributed by atoms with Crippen molar-refractivity contribution in [3.8, 4) is 0 Å². The minimum atomic E-state index is 0.0309. The molecule has 21 heavy (non-hydrogen) atoms. The first-order valence-electron chi connectivity index (χ1n) is 7.42. The Bertz CT molecular complexity index is 584. The Morgan fingerprint density at radius 1 is 1.33 bits per heavy atom. The van der Waals surface area contributed by atoms with Crippen molar-refractivity contribution in [3.05, 3.63) is 46.4 Å². The topological polar surface area (TPSA) is 37.3 Å². The summed E-state index contributed by atoms with van der Waals surface area (Å²) >= 11 is 1.48. The lowest BCUT2D eigenvalue weighted by atomic mass is 10.1. The monoisotopic (exact) mass is 303 g/mol. The van der Waals surface area contributed by atoms with Crippen molar-refractivity contribution in [3.63, 3.8) is 0 Å². The van der Waals surface area contributed by atoms with Crippen molar-refractivity contribution in [1.29, 1.82) is 0 Å². The highest BCUT2D eigenvalue weighted by molar-refractivity contribution is 7.12. The number of amides is 1. The van der Waals surface area contributed by atoms with Gasteiger partial charge in [-0.3, -0.25) is 9.69 Å². The number of aryl methyl sites for hydroxylation is 1. The Kier molecular flexibility index (Phi) is 4.41. The summed E-state index contributed by atoms with van der Waals surface area (Å²) < 4.78 is 2.15. The average Bonchev–Trinajstić information content (AvgIpc) is 3.21. The third-order valence-corrected chi connectivity index (χ3v) is 4.98. The van der Waals surface area contributed by atoms with Crippen LogP contribution in [0.4, 0.5) is 0 Å². The lowest BCUT2D eigenvalue weighted by Gasteiger charge is -2.28. The normalized spacial score (nSPS) is 17.0. The van der Waals surface area contributed by atoms with Gasteiger partial charge in [0.2, 0.25) is 0 Å². The summed E-state index contributed by atoms with van der Waals surface area (Å²) in [4.78, 5) is 15.4. The Balaban J connectivity index is 1.70. The van der Waals surface area contributed by atoms with Gasteiger partial charge in [-0.1, -0.05) is 6.07 Å². The van der Waals surface area contributed by atoms with E-state index in [1.807, 2.05) is 17.5 Å². The number of carbonyl (C=O) groups is 1. The summed E-state index contributed by atoms with van der Waals surface area (Å²) in [5.41, 5.74) is 1.27. The first-order chi connectivity index (χ1) is 10.3. The molecule has 112 valence electrons. The highest BCUT2D eigenvalue weighted by atomic mass is 32.1. The Morgan fingerprint density at radius 2 is 2.14 bits per heavy atom. The highest BCUT2D eigenvalue weighted by Crippen LogP contribution is 2.24. The predicted octanol–water partition coefficient (Wildman–Crippen LogP) is 2.65. The van der Waals surface area contributed by atoms with Gasteiger partial charge in [-0.15, -0.1) is 11.3 Å². The molecule has 3 heterocycles. The molecule has 3 rings (SSSR count).